The molecule has 45 heavy (non-hydrogen) atoms. The van der Waals surface area contributed by atoms with Crippen LogP contribution in [0.3, 0.4) is 0 Å². The molecular formula is C35H50N4O6. The van der Waals surface area contributed by atoms with Crippen LogP contribution in [0, 0.1) is 17.8 Å². The van der Waals surface area contributed by atoms with E-state index in [0.29, 0.717) is 65.2 Å². The number of fused-ring (bicyclic) bond motifs is 1. The van der Waals surface area contributed by atoms with E-state index in [1.807, 2.05) is 44.2 Å². The van der Waals surface area contributed by atoms with Crippen LogP contribution in [-0.4, -0.2) is 125 Å². The van der Waals surface area contributed by atoms with Gasteiger partial charge in [0.25, 0.3) is 0 Å². The zero-order valence-corrected chi connectivity index (χ0v) is 26.9. The highest BCUT2D eigenvalue weighted by atomic mass is 16.5. The van der Waals surface area contributed by atoms with Gasteiger partial charge in [0.1, 0.15) is 11.6 Å². The summed E-state index contributed by atoms with van der Waals surface area (Å²) in [7, 11) is 0. The van der Waals surface area contributed by atoms with Crippen LogP contribution in [-0.2, 0) is 30.4 Å². The third-order valence-corrected chi connectivity index (χ3v) is 9.93. The van der Waals surface area contributed by atoms with Crippen molar-refractivity contribution in [2.75, 3.05) is 59.1 Å². The average Bonchev–Trinajstić information content (AvgIpc) is 3.69. The molecular weight excluding hydrogens is 572 g/mol. The van der Waals surface area contributed by atoms with E-state index >= 15 is 0 Å². The summed E-state index contributed by atoms with van der Waals surface area (Å²) in [6.45, 7) is 16.7. The lowest BCUT2D eigenvalue weighted by molar-refractivity contribution is -0.152. The molecule has 5 rings (SSSR count). The number of nitrogens with zero attached hydrogens (tertiary/aromatic N) is 4. The van der Waals surface area contributed by atoms with Crippen LogP contribution >= 0.6 is 0 Å². The largest absolute Gasteiger partial charge is 0.394 e. The lowest BCUT2D eigenvalue weighted by atomic mass is 9.70. The number of carbonyl (C=O) groups is 3. The molecule has 3 amide bonds. The minimum Gasteiger partial charge on any atom is -0.394 e. The highest BCUT2D eigenvalue weighted by Crippen LogP contribution is 2.59. The molecule has 4 aliphatic heterocycles. The Labute approximate surface area is 267 Å². The van der Waals surface area contributed by atoms with Crippen LogP contribution in [0.4, 0.5) is 0 Å². The molecule has 4 aliphatic rings. The maximum absolute atomic E-state index is 14.7. The first-order valence-corrected chi connectivity index (χ1v) is 16.5. The molecule has 2 bridgehead atoms. The van der Waals surface area contributed by atoms with Crippen molar-refractivity contribution in [3.05, 3.63) is 61.2 Å². The lowest BCUT2D eigenvalue weighted by Crippen LogP contribution is -2.59. The van der Waals surface area contributed by atoms with Crippen LogP contribution in [0.5, 0.6) is 0 Å². The Balaban J connectivity index is 1.48. The van der Waals surface area contributed by atoms with Gasteiger partial charge in [-0.05, 0) is 30.7 Å². The van der Waals surface area contributed by atoms with Crippen LogP contribution in [0.1, 0.15) is 38.7 Å². The first-order chi connectivity index (χ1) is 21.7. The predicted molar refractivity (Wildman–Crippen MR) is 171 cm³/mol. The van der Waals surface area contributed by atoms with Gasteiger partial charge in [-0.1, -0.05) is 56.3 Å². The van der Waals surface area contributed by atoms with Gasteiger partial charge in [0, 0.05) is 45.8 Å². The van der Waals surface area contributed by atoms with E-state index < -0.39 is 35.6 Å². The van der Waals surface area contributed by atoms with Crippen molar-refractivity contribution in [2.24, 2.45) is 17.8 Å². The number of aliphatic hydroxyl groups excluding tert-OH is 1. The van der Waals surface area contributed by atoms with Crippen molar-refractivity contribution >= 4 is 17.7 Å². The lowest BCUT2D eigenvalue weighted by Gasteiger charge is -2.40. The smallest absolute Gasteiger partial charge is 0.248 e. The molecule has 2 unspecified atom stereocenters. The topological polar surface area (TPSA) is 103 Å². The number of rotatable bonds is 15. The SMILES string of the molecule is C=CCN(CCN1CCOCC1)C(=O)C1N([C@@H](CO)CC(C)C)C(=O)[C@@H]2[C@@H](C(=O)N(CC=C)Cc3ccccc3)[C@H]3CCC12O3. The minimum atomic E-state index is -1.13. The highest BCUT2D eigenvalue weighted by Gasteiger charge is 2.75. The Kier molecular flexibility index (Phi) is 10.8. The molecule has 6 atom stereocenters. The Morgan fingerprint density at radius 2 is 1.78 bits per heavy atom. The summed E-state index contributed by atoms with van der Waals surface area (Å²) in [5.41, 5.74) is -0.148. The van der Waals surface area contributed by atoms with Crippen LogP contribution < -0.4 is 0 Å². The van der Waals surface area contributed by atoms with Gasteiger partial charge in [-0.2, -0.15) is 0 Å². The van der Waals surface area contributed by atoms with E-state index in [2.05, 4.69) is 18.1 Å². The molecule has 0 radical (unpaired) electrons. The zero-order valence-electron chi connectivity index (χ0n) is 26.9. The molecule has 10 nitrogen and oxygen atoms in total. The Hall–Kier alpha value is -3.05. The monoisotopic (exact) mass is 622 g/mol. The summed E-state index contributed by atoms with van der Waals surface area (Å²) in [5, 5.41) is 10.6. The number of amides is 3. The number of morpholine rings is 1. The number of aliphatic hydroxyl groups is 1. The van der Waals surface area contributed by atoms with E-state index in [1.165, 1.54) is 0 Å². The minimum absolute atomic E-state index is 0.156. The van der Waals surface area contributed by atoms with Crippen LogP contribution in [0.15, 0.2) is 55.6 Å². The molecule has 0 aliphatic carbocycles. The van der Waals surface area contributed by atoms with Gasteiger partial charge in [-0.15, -0.1) is 13.2 Å². The molecule has 4 heterocycles. The van der Waals surface area contributed by atoms with Gasteiger partial charge in [0.05, 0.1) is 43.8 Å². The molecule has 1 spiro atoms. The maximum atomic E-state index is 14.7. The van der Waals surface area contributed by atoms with Gasteiger partial charge < -0.3 is 29.3 Å². The summed E-state index contributed by atoms with van der Waals surface area (Å²) in [6.07, 6.45) is 4.59. The molecule has 10 heteroatoms. The third kappa shape index (κ3) is 6.61. The van der Waals surface area contributed by atoms with Gasteiger partial charge >= 0.3 is 0 Å². The van der Waals surface area contributed by atoms with Crippen molar-refractivity contribution in [2.45, 2.75) is 63.4 Å². The van der Waals surface area contributed by atoms with Crippen molar-refractivity contribution in [3.8, 4) is 0 Å². The summed E-state index contributed by atoms with van der Waals surface area (Å²) in [6, 6.07) is 8.26. The van der Waals surface area contributed by atoms with E-state index in [1.54, 1.807) is 26.9 Å². The van der Waals surface area contributed by atoms with Crippen LogP contribution in [0.2, 0.25) is 0 Å². The zero-order chi connectivity index (χ0) is 32.1. The summed E-state index contributed by atoms with van der Waals surface area (Å²) in [4.78, 5) is 51.1. The van der Waals surface area contributed by atoms with Crippen LogP contribution in [0.25, 0.3) is 0 Å². The normalized spacial score (nSPS) is 28.3. The number of ether oxygens (including phenoxy) is 2. The average molecular weight is 623 g/mol. The number of benzene rings is 1. The molecule has 4 saturated heterocycles. The summed E-state index contributed by atoms with van der Waals surface area (Å²) >= 11 is 0. The van der Waals surface area contributed by atoms with E-state index in [0.717, 1.165) is 18.7 Å². The number of likely N-dealkylation sites (tertiary alicyclic amines) is 1. The fraction of sp³-hybridized carbons (Fsp3) is 0.629. The highest BCUT2D eigenvalue weighted by molar-refractivity contribution is 5.99. The second kappa shape index (κ2) is 14.6. The number of hydrogen-bond acceptors (Lipinski definition) is 7. The van der Waals surface area contributed by atoms with Gasteiger partial charge in [-0.3, -0.25) is 19.3 Å². The van der Waals surface area contributed by atoms with Crippen molar-refractivity contribution in [1.29, 1.82) is 0 Å². The Morgan fingerprint density at radius 3 is 2.42 bits per heavy atom. The Morgan fingerprint density at radius 1 is 1.09 bits per heavy atom. The quantitative estimate of drug-likeness (QED) is 0.300. The fourth-order valence-corrected chi connectivity index (χ4v) is 7.98. The second-order valence-corrected chi connectivity index (χ2v) is 13.3. The molecule has 1 N–H and O–H groups in total. The molecule has 0 saturated carbocycles. The predicted octanol–water partition coefficient (Wildman–Crippen LogP) is 2.33. The second-order valence-electron chi connectivity index (χ2n) is 13.3. The first kappa shape index (κ1) is 33.3. The van der Waals surface area contributed by atoms with E-state index in [-0.39, 0.29) is 30.2 Å². The molecule has 1 aromatic rings. The molecule has 4 fully saturated rings. The van der Waals surface area contributed by atoms with E-state index in [9.17, 15) is 19.5 Å². The summed E-state index contributed by atoms with van der Waals surface area (Å²) in [5.74, 6) is -1.96. The van der Waals surface area contributed by atoms with Crippen molar-refractivity contribution in [3.63, 3.8) is 0 Å². The standard InChI is InChI=1S/C35H50N4O6/c1-5-14-37(17-16-36-18-20-44-21-19-36)34(43)31-35-13-12-28(45-35)29(30(35)33(42)39(31)27(24-40)22-25(3)4)32(41)38(15-6-2)23-26-10-8-7-9-11-26/h5-11,25,27-31,40H,1-2,12-24H2,3-4H3/t27-,28-,29+,30+,31?,35?/m1/s1. The van der Waals surface area contributed by atoms with Crippen molar-refractivity contribution < 1.29 is 29.0 Å². The van der Waals surface area contributed by atoms with Gasteiger partial charge in [-0.25, -0.2) is 0 Å². The Bertz CT molecular complexity index is 1220. The molecule has 0 aromatic heterocycles. The van der Waals surface area contributed by atoms with E-state index in [4.69, 9.17) is 9.47 Å². The fourth-order valence-electron chi connectivity index (χ4n) is 7.98. The number of carbonyl (C=O) groups excluding carboxylic acids is 3. The summed E-state index contributed by atoms with van der Waals surface area (Å²) < 4.78 is 12.2. The van der Waals surface area contributed by atoms with Crippen molar-refractivity contribution in [1.82, 2.24) is 19.6 Å². The molecule has 1 aromatic carbocycles. The van der Waals surface area contributed by atoms with Gasteiger partial charge in [0.2, 0.25) is 17.7 Å². The molecule has 246 valence electrons. The maximum Gasteiger partial charge on any atom is 0.248 e. The first-order valence-electron chi connectivity index (χ1n) is 16.5. The van der Waals surface area contributed by atoms with Gasteiger partial charge in [0.15, 0.2) is 0 Å². The number of hydrogen-bond donors (Lipinski definition) is 1. The third-order valence-electron chi connectivity index (χ3n) is 9.93.